The topological polar surface area (TPSA) is 56.8 Å². The van der Waals surface area contributed by atoms with Crippen LogP contribution in [0.25, 0.3) is 0 Å². The molecule has 1 unspecified atom stereocenters. The molecule has 0 aliphatic heterocycles. The lowest BCUT2D eigenvalue weighted by Crippen LogP contribution is -2.40. The zero-order valence-corrected chi connectivity index (χ0v) is 14.8. The van der Waals surface area contributed by atoms with Crippen molar-refractivity contribution in [2.45, 2.75) is 12.5 Å². The van der Waals surface area contributed by atoms with Gasteiger partial charge in [-0.25, -0.2) is 4.39 Å². The van der Waals surface area contributed by atoms with Gasteiger partial charge in [0.25, 0.3) is 5.91 Å². The summed E-state index contributed by atoms with van der Waals surface area (Å²) in [6.45, 7) is 1.82. The number of benzene rings is 2. The standard InChI is InChI=1S/C19H22FNO4/c1-19(25-4,16-7-5-6-8-17(16)20)12-21-18(22)13-9-14(23-2)11-15(10-13)24-3/h5-11H,12H2,1-4H3,(H,21,22). The van der Waals surface area contributed by atoms with Gasteiger partial charge in [0.2, 0.25) is 0 Å². The molecule has 1 atom stereocenters. The van der Waals surface area contributed by atoms with E-state index in [9.17, 15) is 9.18 Å². The van der Waals surface area contributed by atoms with Crippen LogP contribution in [0.15, 0.2) is 42.5 Å². The van der Waals surface area contributed by atoms with E-state index in [1.165, 1.54) is 27.4 Å². The molecule has 134 valence electrons. The van der Waals surface area contributed by atoms with Crippen LogP contribution in [0.2, 0.25) is 0 Å². The lowest BCUT2D eigenvalue weighted by molar-refractivity contribution is 0.000387. The van der Waals surface area contributed by atoms with Crippen molar-refractivity contribution in [2.75, 3.05) is 27.9 Å². The van der Waals surface area contributed by atoms with Gasteiger partial charge in [-0.1, -0.05) is 18.2 Å². The molecule has 0 saturated heterocycles. The molecular formula is C19H22FNO4. The van der Waals surface area contributed by atoms with Gasteiger partial charge in [0.05, 0.1) is 20.8 Å². The van der Waals surface area contributed by atoms with Crippen LogP contribution < -0.4 is 14.8 Å². The summed E-state index contributed by atoms with van der Waals surface area (Å²) in [5.74, 6) is 0.294. The molecule has 1 N–H and O–H groups in total. The van der Waals surface area contributed by atoms with Gasteiger partial charge in [0, 0.05) is 24.3 Å². The maximum absolute atomic E-state index is 14.1. The van der Waals surface area contributed by atoms with Crippen molar-refractivity contribution in [3.63, 3.8) is 0 Å². The smallest absolute Gasteiger partial charge is 0.251 e. The Morgan fingerprint density at radius 1 is 1.08 bits per heavy atom. The van der Waals surface area contributed by atoms with Crippen molar-refractivity contribution in [3.8, 4) is 11.5 Å². The SMILES string of the molecule is COc1cc(OC)cc(C(=O)NCC(C)(OC)c2ccccc2F)c1. The van der Waals surface area contributed by atoms with Crippen LogP contribution >= 0.6 is 0 Å². The number of amides is 1. The molecule has 0 fully saturated rings. The highest BCUT2D eigenvalue weighted by Gasteiger charge is 2.30. The van der Waals surface area contributed by atoms with Gasteiger partial charge in [0.1, 0.15) is 22.9 Å². The number of nitrogens with one attached hydrogen (secondary N) is 1. The number of carbonyl (C=O) groups excluding carboxylic acids is 1. The molecule has 0 saturated carbocycles. The second-order valence-corrected chi connectivity index (χ2v) is 5.70. The first-order valence-corrected chi connectivity index (χ1v) is 7.75. The highest BCUT2D eigenvalue weighted by molar-refractivity contribution is 5.95. The second-order valence-electron chi connectivity index (χ2n) is 5.70. The summed E-state index contributed by atoms with van der Waals surface area (Å²) in [5, 5.41) is 2.78. The summed E-state index contributed by atoms with van der Waals surface area (Å²) in [6, 6.07) is 11.2. The lowest BCUT2D eigenvalue weighted by atomic mass is 9.95. The Labute approximate surface area is 146 Å². The Morgan fingerprint density at radius 2 is 1.68 bits per heavy atom. The van der Waals surface area contributed by atoms with E-state index in [2.05, 4.69) is 5.32 Å². The van der Waals surface area contributed by atoms with Gasteiger partial charge < -0.3 is 19.5 Å². The fraction of sp³-hybridized carbons (Fsp3) is 0.316. The lowest BCUT2D eigenvalue weighted by Gasteiger charge is -2.29. The van der Waals surface area contributed by atoms with Gasteiger partial charge in [-0.2, -0.15) is 0 Å². The molecule has 5 nitrogen and oxygen atoms in total. The number of hydrogen-bond acceptors (Lipinski definition) is 4. The van der Waals surface area contributed by atoms with Crippen LogP contribution in [0.3, 0.4) is 0 Å². The molecule has 0 bridgehead atoms. The molecule has 25 heavy (non-hydrogen) atoms. The average Bonchev–Trinajstić information content (AvgIpc) is 2.65. The molecule has 1 amide bonds. The van der Waals surface area contributed by atoms with Crippen molar-refractivity contribution < 1.29 is 23.4 Å². The van der Waals surface area contributed by atoms with E-state index in [1.807, 2.05) is 0 Å². The third-order valence-corrected chi connectivity index (χ3v) is 4.09. The number of halogens is 1. The summed E-state index contributed by atoms with van der Waals surface area (Å²) in [5.41, 5.74) is -0.242. The van der Waals surface area contributed by atoms with E-state index < -0.39 is 5.60 Å². The molecule has 0 heterocycles. The molecule has 2 aromatic rings. The molecule has 2 aromatic carbocycles. The van der Waals surface area contributed by atoms with Crippen molar-refractivity contribution in [1.82, 2.24) is 5.32 Å². The maximum atomic E-state index is 14.1. The van der Waals surface area contributed by atoms with Crippen LogP contribution in [0.4, 0.5) is 4.39 Å². The van der Waals surface area contributed by atoms with E-state index >= 15 is 0 Å². The number of rotatable bonds is 7. The van der Waals surface area contributed by atoms with Gasteiger partial charge in [-0.05, 0) is 25.1 Å². The normalized spacial score (nSPS) is 13.0. The van der Waals surface area contributed by atoms with E-state index in [1.54, 1.807) is 43.3 Å². The Kier molecular flexibility index (Phi) is 5.98. The first-order valence-electron chi connectivity index (χ1n) is 7.75. The maximum Gasteiger partial charge on any atom is 0.251 e. The van der Waals surface area contributed by atoms with Crippen molar-refractivity contribution in [2.24, 2.45) is 0 Å². The van der Waals surface area contributed by atoms with Crippen molar-refractivity contribution >= 4 is 5.91 Å². The summed E-state index contributed by atoms with van der Waals surface area (Å²) in [6.07, 6.45) is 0. The summed E-state index contributed by atoms with van der Waals surface area (Å²) in [4.78, 5) is 12.5. The predicted octanol–water partition coefficient (Wildman–Crippen LogP) is 3.13. The first-order chi connectivity index (χ1) is 11.9. The number of ether oxygens (including phenoxy) is 3. The highest BCUT2D eigenvalue weighted by atomic mass is 19.1. The Bertz CT molecular complexity index is 728. The van der Waals surface area contributed by atoms with E-state index in [-0.39, 0.29) is 18.3 Å². The van der Waals surface area contributed by atoms with Gasteiger partial charge in [-0.15, -0.1) is 0 Å². The molecule has 0 aliphatic rings. The molecule has 0 radical (unpaired) electrons. The minimum absolute atomic E-state index is 0.1000. The summed E-state index contributed by atoms with van der Waals surface area (Å²) in [7, 11) is 4.50. The van der Waals surface area contributed by atoms with E-state index in [0.717, 1.165) is 0 Å². The Hall–Kier alpha value is -2.60. The van der Waals surface area contributed by atoms with Crippen LogP contribution in [-0.2, 0) is 10.3 Å². The number of methoxy groups -OCH3 is 3. The highest BCUT2D eigenvalue weighted by Crippen LogP contribution is 2.27. The average molecular weight is 347 g/mol. The quantitative estimate of drug-likeness (QED) is 0.836. The van der Waals surface area contributed by atoms with Crippen molar-refractivity contribution in [3.05, 3.63) is 59.4 Å². The molecule has 0 aliphatic carbocycles. The van der Waals surface area contributed by atoms with Crippen LogP contribution in [-0.4, -0.2) is 33.8 Å². The summed E-state index contributed by atoms with van der Waals surface area (Å²) >= 11 is 0. The van der Waals surface area contributed by atoms with Crippen molar-refractivity contribution in [1.29, 1.82) is 0 Å². The fourth-order valence-electron chi connectivity index (χ4n) is 2.46. The zero-order valence-electron chi connectivity index (χ0n) is 14.8. The number of carbonyl (C=O) groups is 1. The van der Waals surface area contributed by atoms with E-state index in [0.29, 0.717) is 22.6 Å². The third kappa shape index (κ3) is 4.28. The number of hydrogen-bond donors (Lipinski definition) is 1. The van der Waals surface area contributed by atoms with Gasteiger partial charge in [-0.3, -0.25) is 4.79 Å². The Balaban J connectivity index is 2.19. The van der Waals surface area contributed by atoms with Crippen LogP contribution in [0.5, 0.6) is 11.5 Å². The van der Waals surface area contributed by atoms with Crippen LogP contribution in [0, 0.1) is 5.82 Å². The fourth-order valence-corrected chi connectivity index (χ4v) is 2.46. The molecular weight excluding hydrogens is 325 g/mol. The molecule has 0 aromatic heterocycles. The first kappa shape index (κ1) is 18.7. The summed E-state index contributed by atoms with van der Waals surface area (Å²) < 4.78 is 29.9. The van der Waals surface area contributed by atoms with Gasteiger partial charge >= 0.3 is 0 Å². The van der Waals surface area contributed by atoms with E-state index in [4.69, 9.17) is 14.2 Å². The molecule has 2 rings (SSSR count). The monoisotopic (exact) mass is 347 g/mol. The van der Waals surface area contributed by atoms with Gasteiger partial charge in [0.15, 0.2) is 0 Å². The molecule has 6 heteroatoms. The predicted molar refractivity (Wildman–Crippen MR) is 92.6 cm³/mol. The minimum atomic E-state index is -0.996. The third-order valence-electron chi connectivity index (χ3n) is 4.09. The Morgan fingerprint density at radius 3 is 2.20 bits per heavy atom. The van der Waals surface area contributed by atoms with Crippen LogP contribution in [0.1, 0.15) is 22.8 Å². The molecule has 0 spiro atoms. The largest absolute Gasteiger partial charge is 0.497 e. The second kappa shape index (κ2) is 7.98. The zero-order chi connectivity index (χ0) is 18.4. The minimum Gasteiger partial charge on any atom is -0.497 e.